The molecule has 0 unspecified atom stereocenters. The zero-order chi connectivity index (χ0) is 27.9. The Hall–Kier alpha value is -4.13. The highest BCUT2D eigenvalue weighted by Gasteiger charge is 2.20. The fourth-order valence-electron chi connectivity index (χ4n) is 4.23. The second-order valence-electron chi connectivity index (χ2n) is 9.03. The lowest BCUT2D eigenvalue weighted by molar-refractivity contribution is 0.0726. The molecule has 0 saturated heterocycles. The molecule has 39 heavy (non-hydrogen) atoms. The molecule has 0 atom stereocenters. The molecular weight excluding hydrogens is 508 g/mol. The average Bonchev–Trinajstić information content (AvgIpc) is 2.95. The number of unbranched alkanes of at least 4 members (excludes halogenated alkanes) is 2. The smallest absolute Gasteiger partial charge is 0.343 e. The van der Waals surface area contributed by atoms with E-state index in [4.69, 9.17) is 9.47 Å². The Labute approximate surface area is 225 Å². The second-order valence-corrected chi connectivity index (χ2v) is 9.03. The van der Waals surface area contributed by atoms with Crippen molar-refractivity contribution in [1.29, 1.82) is 0 Å². The maximum atomic E-state index is 15.1. The van der Waals surface area contributed by atoms with Crippen LogP contribution in [0.4, 0.5) is 17.6 Å². The van der Waals surface area contributed by atoms with Gasteiger partial charge in [-0.15, -0.1) is 0 Å². The van der Waals surface area contributed by atoms with E-state index < -0.39 is 35.0 Å². The molecule has 0 spiro atoms. The molecule has 0 aliphatic carbocycles. The molecule has 202 valence electrons. The summed E-state index contributed by atoms with van der Waals surface area (Å²) in [6.07, 6.45) is 4.31. The van der Waals surface area contributed by atoms with E-state index in [2.05, 4.69) is 6.92 Å². The highest BCUT2D eigenvalue weighted by atomic mass is 19.2. The van der Waals surface area contributed by atoms with Crippen LogP contribution in [0.5, 0.6) is 11.5 Å². The summed E-state index contributed by atoms with van der Waals surface area (Å²) >= 11 is 0. The minimum atomic E-state index is -1.35. The predicted octanol–water partition coefficient (Wildman–Crippen LogP) is 8.93. The van der Waals surface area contributed by atoms with Crippen LogP contribution in [0.2, 0.25) is 0 Å². The normalized spacial score (nSPS) is 10.9. The number of halogens is 4. The van der Waals surface area contributed by atoms with E-state index in [1.165, 1.54) is 36.4 Å². The van der Waals surface area contributed by atoms with Crippen LogP contribution >= 0.6 is 0 Å². The molecule has 0 bridgehead atoms. The molecule has 3 nitrogen and oxygen atoms in total. The van der Waals surface area contributed by atoms with E-state index in [9.17, 15) is 13.6 Å². The van der Waals surface area contributed by atoms with Crippen molar-refractivity contribution in [3.8, 4) is 33.8 Å². The van der Waals surface area contributed by atoms with Crippen LogP contribution in [-0.2, 0) is 6.42 Å². The molecule has 4 aromatic rings. The third kappa shape index (κ3) is 6.30. The summed E-state index contributed by atoms with van der Waals surface area (Å²) in [6.45, 7) is 3.90. The van der Waals surface area contributed by atoms with E-state index in [1.807, 2.05) is 12.1 Å². The van der Waals surface area contributed by atoms with Gasteiger partial charge >= 0.3 is 5.97 Å². The van der Waals surface area contributed by atoms with E-state index in [0.717, 1.165) is 43.4 Å². The lowest BCUT2D eigenvalue weighted by atomic mass is 9.97. The molecule has 0 saturated carbocycles. The van der Waals surface area contributed by atoms with Crippen molar-refractivity contribution >= 4 is 5.97 Å². The van der Waals surface area contributed by atoms with Crippen LogP contribution in [0.25, 0.3) is 22.3 Å². The Morgan fingerprint density at radius 2 is 1.18 bits per heavy atom. The SMILES string of the molecule is CCCCCc1ccc(-c2ccc(-c3ccc(C(=O)Oc4ccc(OCC)c(F)c4F)cc3)c(F)c2F)cc1. The molecule has 0 aromatic heterocycles. The molecule has 0 heterocycles. The summed E-state index contributed by atoms with van der Waals surface area (Å²) in [6, 6.07) is 18.2. The summed E-state index contributed by atoms with van der Waals surface area (Å²) in [5, 5.41) is 0. The fourth-order valence-corrected chi connectivity index (χ4v) is 4.23. The molecule has 0 fully saturated rings. The Kier molecular flexibility index (Phi) is 9.02. The van der Waals surface area contributed by atoms with Crippen molar-refractivity contribution in [3.63, 3.8) is 0 Å². The minimum absolute atomic E-state index is 0.0176. The monoisotopic (exact) mass is 536 g/mol. The first-order chi connectivity index (χ1) is 18.8. The van der Waals surface area contributed by atoms with Gasteiger partial charge in [0.2, 0.25) is 11.6 Å². The molecule has 0 amide bonds. The van der Waals surface area contributed by atoms with Gasteiger partial charge in [0, 0.05) is 11.1 Å². The van der Waals surface area contributed by atoms with E-state index in [1.54, 1.807) is 19.1 Å². The van der Waals surface area contributed by atoms with E-state index >= 15 is 8.78 Å². The molecule has 4 aromatic carbocycles. The van der Waals surface area contributed by atoms with Crippen molar-refractivity contribution in [1.82, 2.24) is 0 Å². The molecule has 0 radical (unpaired) electrons. The van der Waals surface area contributed by atoms with Gasteiger partial charge in [0.1, 0.15) is 0 Å². The first kappa shape index (κ1) is 27.9. The van der Waals surface area contributed by atoms with Crippen LogP contribution in [0, 0.1) is 23.3 Å². The van der Waals surface area contributed by atoms with Crippen LogP contribution in [0.1, 0.15) is 49.0 Å². The molecule has 4 rings (SSSR count). The Balaban J connectivity index is 1.49. The minimum Gasteiger partial charge on any atom is -0.491 e. The van der Waals surface area contributed by atoms with Crippen LogP contribution in [-0.4, -0.2) is 12.6 Å². The van der Waals surface area contributed by atoms with Crippen LogP contribution in [0.15, 0.2) is 72.8 Å². The predicted molar refractivity (Wildman–Crippen MR) is 143 cm³/mol. The highest BCUT2D eigenvalue weighted by Crippen LogP contribution is 2.32. The highest BCUT2D eigenvalue weighted by molar-refractivity contribution is 5.91. The maximum absolute atomic E-state index is 15.1. The standard InChI is InChI=1S/C32H28F4O3/c1-3-5-6-7-20-8-10-21(11-9-20)24-16-17-25(29(34)28(24)33)22-12-14-23(15-13-22)32(37)39-27-19-18-26(38-4-2)30(35)31(27)36/h8-19H,3-7H2,1-2H3. The number of benzene rings is 4. The number of carbonyl (C=O) groups excluding carboxylic acids is 1. The average molecular weight is 537 g/mol. The van der Waals surface area contributed by atoms with Gasteiger partial charge in [0.05, 0.1) is 12.2 Å². The molecule has 0 aliphatic heterocycles. The summed E-state index contributed by atoms with van der Waals surface area (Å²) in [5.41, 5.74) is 2.25. The first-order valence-electron chi connectivity index (χ1n) is 12.8. The molecule has 0 aliphatic rings. The van der Waals surface area contributed by atoms with Crippen molar-refractivity contribution < 1.29 is 31.8 Å². The summed E-state index contributed by atoms with van der Waals surface area (Å²) in [5.74, 6) is -6.42. The lowest BCUT2D eigenvalue weighted by Crippen LogP contribution is -2.10. The van der Waals surface area contributed by atoms with Gasteiger partial charge < -0.3 is 9.47 Å². The molecule has 0 N–H and O–H groups in total. The van der Waals surface area contributed by atoms with E-state index in [0.29, 0.717) is 11.1 Å². The number of esters is 1. The Bertz CT molecular complexity index is 1450. The maximum Gasteiger partial charge on any atom is 0.343 e. The van der Waals surface area contributed by atoms with Gasteiger partial charge in [-0.1, -0.05) is 68.3 Å². The topological polar surface area (TPSA) is 35.5 Å². The zero-order valence-electron chi connectivity index (χ0n) is 21.7. The Morgan fingerprint density at radius 3 is 1.74 bits per heavy atom. The number of hydrogen-bond acceptors (Lipinski definition) is 3. The van der Waals surface area contributed by atoms with Crippen LogP contribution < -0.4 is 9.47 Å². The molecular formula is C32H28F4O3. The number of carbonyl (C=O) groups is 1. The lowest BCUT2D eigenvalue weighted by Gasteiger charge is -2.11. The number of ether oxygens (including phenoxy) is 2. The van der Waals surface area contributed by atoms with Crippen molar-refractivity contribution in [3.05, 3.63) is 107 Å². The Morgan fingerprint density at radius 1 is 0.641 bits per heavy atom. The number of rotatable bonds is 10. The summed E-state index contributed by atoms with van der Waals surface area (Å²) in [4.78, 5) is 12.5. The second kappa shape index (κ2) is 12.6. The molecule has 7 heteroatoms. The van der Waals surface area contributed by atoms with Gasteiger partial charge in [-0.25, -0.2) is 13.6 Å². The van der Waals surface area contributed by atoms with Gasteiger partial charge in [0.25, 0.3) is 0 Å². The summed E-state index contributed by atoms with van der Waals surface area (Å²) < 4.78 is 68.4. The van der Waals surface area contributed by atoms with Gasteiger partial charge in [-0.2, -0.15) is 8.78 Å². The number of hydrogen-bond donors (Lipinski definition) is 0. The van der Waals surface area contributed by atoms with Gasteiger partial charge in [0.15, 0.2) is 23.1 Å². The fraction of sp³-hybridized carbons (Fsp3) is 0.219. The van der Waals surface area contributed by atoms with Crippen molar-refractivity contribution in [2.75, 3.05) is 6.61 Å². The number of aryl methyl sites for hydroxylation is 1. The van der Waals surface area contributed by atoms with Crippen LogP contribution in [0.3, 0.4) is 0 Å². The van der Waals surface area contributed by atoms with Crippen molar-refractivity contribution in [2.45, 2.75) is 39.5 Å². The van der Waals surface area contributed by atoms with Gasteiger partial charge in [-0.05, 0) is 60.7 Å². The zero-order valence-corrected chi connectivity index (χ0v) is 21.7. The van der Waals surface area contributed by atoms with E-state index in [-0.39, 0.29) is 29.0 Å². The third-order valence-electron chi connectivity index (χ3n) is 6.36. The quantitative estimate of drug-likeness (QED) is 0.0879. The third-order valence-corrected chi connectivity index (χ3v) is 6.36. The summed E-state index contributed by atoms with van der Waals surface area (Å²) in [7, 11) is 0. The first-order valence-corrected chi connectivity index (χ1v) is 12.8. The largest absolute Gasteiger partial charge is 0.491 e. The van der Waals surface area contributed by atoms with Crippen molar-refractivity contribution in [2.24, 2.45) is 0 Å². The van der Waals surface area contributed by atoms with Gasteiger partial charge in [-0.3, -0.25) is 0 Å².